The monoisotopic (exact) mass is 288 g/mol. The summed E-state index contributed by atoms with van der Waals surface area (Å²) in [6, 6.07) is 3.39. The SMILES string of the molecule is COc1ccnc(N2CCN(C(=O)c3ccn[nH]3)CC2)n1. The van der Waals surface area contributed by atoms with Crippen LogP contribution in [-0.4, -0.2) is 64.3 Å². The molecule has 8 heteroatoms. The first-order chi connectivity index (χ1) is 10.3. The van der Waals surface area contributed by atoms with E-state index in [1.54, 1.807) is 36.5 Å². The number of piperazine rings is 1. The number of hydrogen-bond acceptors (Lipinski definition) is 6. The molecule has 3 heterocycles. The Kier molecular flexibility index (Phi) is 3.67. The van der Waals surface area contributed by atoms with Gasteiger partial charge in [-0.25, -0.2) is 4.98 Å². The lowest BCUT2D eigenvalue weighted by molar-refractivity contribution is 0.0740. The molecule has 0 spiro atoms. The van der Waals surface area contributed by atoms with Crippen LogP contribution in [0.15, 0.2) is 24.5 Å². The van der Waals surface area contributed by atoms with E-state index < -0.39 is 0 Å². The topological polar surface area (TPSA) is 87.2 Å². The molecule has 0 aliphatic carbocycles. The van der Waals surface area contributed by atoms with Crippen LogP contribution in [0.5, 0.6) is 5.88 Å². The maximum absolute atomic E-state index is 12.2. The van der Waals surface area contributed by atoms with Crippen LogP contribution in [0.4, 0.5) is 5.95 Å². The summed E-state index contributed by atoms with van der Waals surface area (Å²) in [6.45, 7) is 2.62. The minimum Gasteiger partial charge on any atom is -0.481 e. The molecule has 1 N–H and O–H groups in total. The molecule has 8 nitrogen and oxygen atoms in total. The van der Waals surface area contributed by atoms with E-state index in [4.69, 9.17) is 4.74 Å². The van der Waals surface area contributed by atoms with Gasteiger partial charge in [0.1, 0.15) is 5.69 Å². The van der Waals surface area contributed by atoms with Crippen LogP contribution in [0, 0.1) is 0 Å². The predicted molar refractivity (Wildman–Crippen MR) is 75.3 cm³/mol. The van der Waals surface area contributed by atoms with Crippen molar-refractivity contribution in [2.45, 2.75) is 0 Å². The Hall–Kier alpha value is -2.64. The number of amides is 1. The van der Waals surface area contributed by atoms with E-state index >= 15 is 0 Å². The van der Waals surface area contributed by atoms with Crippen LogP contribution in [-0.2, 0) is 0 Å². The van der Waals surface area contributed by atoms with Gasteiger partial charge in [-0.05, 0) is 6.07 Å². The summed E-state index contributed by atoms with van der Waals surface area (Å²) in [5.74, 6) is 1.14. The van der Waals surface area contributed by atoms with Gasteiger partial charge >= 0.3 is 0 Å². The lowest BCUT2D eigenvalue weighted by atomic mass is 10.3. The zero-order valence-electron chi connectivity index (χ0n) is 11.7. The second kappa shape index (κ2) is 5.78. The Balaban J connectivity index is 1.63. The number of anilines is 1. The minimum absolute atomic E-state index is 0.0290. The molecule has 1 saturated heterocycles. The van der Waals surface area contributed by atoms with Crippen molar-refractivity contribution in [3.63, 3.8) is 0 Å². The molecule has 2 aromatic heterocycles. The molecule has 1 fully saturated rings. The number of carbonyl (C=O) groups excluding carboxylic acids is 1. The third-order valence-corrected chi connectivity index (χ3v) is 3.41. The second-order valence-corrected chi connectivity index (χ2v) is 4.65. The molecule has 0 saturated carbocycles. The van der Waals surface area contributed by atoms with E-state index in [0.717, 1.165) is 0 Å². The van der Waals surface area contributed by atoms with Crippen LogP contribution in [0.1, 0.15) is 10.5 Å². The van der Waals surface area contributed by atoms with E-state index in [-0.39, 0.29) is 5.91 Å². The summed E-state index contributed by atoms with van der Waals surface area (Å²) in [4.78, 5) is 24.6. The number of ether oxygens (including phenoxy) is 1. The van der Waals surface area contributed by atoms with E-state index in [2.05, 4.69) is 20.2 Å². The van der Waals surface area contributed by atoms with Gasteiger partial charge in [-0.15, -0.1) is 0 Å². The average molecular weight is 288 g/mol. The van der Waals surface area contributed by atoms with Gasteiger partial charge in [-0.1, -0.05) is 0 Å². The molecule has 1 aliphatic rings. The van der Waals surface area contributed by atoms with Crippen LogP contribution >= 0.6 is 0 Å². The van der Waals surface area contributed by atoms with E-state index in [1.807, 2.05) is 4.90 Å². The Labute approximate surface area is 121 Å². The molecule has 1 aliphatic heterocycles. The molecular formula is C13H16N6O2. The average Bonchev–Trinajstić information content (AvgIpc) is 3.09. The highest BCUT2D eigenvalue weighted by Crippen LogP contribution is 2.15. The molecule has 0 unspecified atom stereocenters. The second-order valence-electron chi connectivity index (χ2n) is 4.65. The molecule has 0 aromatic carbocycles. The first-order valence-corrected chi connectivity index (χ1v) is 6.68. The molecule has 0 atom stereocenters. The maximum Gasteiger partial charge on any atom is 0.271 e. The molecular weight excluding hydrogens is 272 g/mol. The third kappa shape index (κ3) is 2.78. The van der Waals surface area contributed by atoms with E-state index in [1.165, 1.54) is 0 Å². The minimum atomic E-state index is -0.0290. The highest BCUT2D eigenvalue weighted by Gasteiger charge is 2.24. The van der Waals surface area contributed by atoms with Crippen LogP contribution in [0.2, 0.25) is 0 Å². The highest BCUT2D eigenvalue weighted by atomic mass is 16.5. The van der Waals surface area contributed by atoms with Crippen molar-refractivity contribution in [2.24, 2.45) is 0 Å². The Morgan fingerprint density at radius 3 is 2.71 bits per heavy atom. The number of aromatic nitrogens is 4. The van der Waals surface area contributed by atoms with Gasteiger partial charge in [0.25, 0.3) is 5.91 Å². The smallest absolute Gasteiger partial charge is 0.271 e. The Bertz CT molecular complexity index is 607. The van der Waals surface area contributed by atoms with Gasteiger partial charge in [0.2, 0.25) is 11.8 Å². The fourth-order valence-electron chi connectivity index (χ4n) is 2.25. The van der Waals surface area contributed by atoms with Crippen molar-refractivity contribution in [3.05, 3.63) is 30.2 Å². The lowest BCUT2D eigenvalue weighted by Crippen LogP contribution is -2.49. The van der Waals surface area contributed by atoms with Crippen molar-refractivity contribution in [3.8, 4) is 5.88 Å². The molecule has 3 rings (SSSR count). The van der Waals surface area contributed by atoms with Crippen molar-refractivity contribution < 1.29 is 9.53 Å². The maximum atomic E-state index is 12.2. The summed E-state index contributed by atoms with van der Waals surface area (Å²) >= 11 is 0. The zero-order valence-corrected chi connectivity index (χ0v) is 11.7. The largest absolute Gasteiger partial charge is 0.481 e. The van der Waals surface area contributed by atoms with E-state index in [0.29, 0.717) is 43.7 Å². The molecule has 110 valence electrons. The third-order valence-electron chi connectivity index (χ3n) is 3.41. The molecule has 0 bridgehead atoms. The zero-order chi connectivity index (χ0) is 14.7. The number of hydrogen-bond donors (Lipinski definition) is 1. The van der Waals surface area contributed by atoms with Gasteiger partial charge in [0.05, 0.1) is 7.11 Å². The fourth-order valence-corrected chi connectivity index (χ4v) is 2.25. The van der Waals surface area contributed by atoms with Crippen molar-refractivity contribution >= 4 is 11.9 Å². The summed E-state index contributed by atoms with van der Waals surface area (Å²) in [5.41, 5.74) is 0.515. The highest BCUT2D eigenvalue weighted by molar-refractivity contribution is 5.92. The quantitative estimate of drug-likeness (QED) is 0.866. The number of rotatable bonds is 3. The normalized spacial score (nSPS) is 15.1. The first-order valence-electron chi connectivity index (χ1n) is 6.68. The number of carbonyl (C=O) groups is 1. The van der Waals surface area contributed by atoms with Gasteiger partial charge < -0.3 is 14.5 Å². The molecule has 1 amide bonds. The number of methoxy groups -OCH3 is 1. The molecule has 0 radical (unpaired) electrons. The summed E-state index contributed by atoms with van der Waals surface area (Å²) in [5, 5.41) is 6.50. The lowest BCUT2D eigenvalue weighted by Gasteiger charge is -2.34. The van der Waals surface area contributed by atoms with Crippen LogP contribution in [0.25, 0.3) is 0 Å². The standard InChI is InChI=1S/C13H16N6O2/c1-21-11-3-4-14-13(16-11)19-8-6-18(7-9-19)12(20)10-2-5-15-17-10/h2-5H,6-9H2,1H3,(H,15,17). The van der Waals surface area contributed by atoms with Gasteiger partial charge in [0, 0.05) is 44.6 Å². The molecule has 21 heavy (non-hydrogen) atoms. The summed E-state index contributed by atoms with van der Waals surface area (Å²) in [7, 11) is 1.58. The molecule has 2 aromatic rings. The summed E-state index contributed by atoms with van der Waals surface area (Å²) < 4.78 is 5.10. The van der Waals surface area contributed by atoms with Gasteiger partial charge in [-0.3, -0.25) is 9.89 Å². The van der Waals surface area contributed by atoms with Crippen LogP contribution < -0.4 is 9.64 Å². The number of aromatic amines is 1. The van der Waals surface area contributed by atoms with Crippen molar-refractivity contribution in [2.75, 3.05) is 38.2 Å². The fraction of sp³-hybridized carbons (Fsp3) is 0.385. The van der Waals surface area contributed by atoms with Crippen molar-refractivity contribution in [1.82, 2.24) is 25.1 Å². The number of nitrogens with zero attached hydrogens (tertiary/aromatic N) is 5. The van der Waals surface area contributed by atoms with E-state index in [9.17, 15) is 4.79 Å². The predicted octanol–water partition coefficient (Wildman–Crippen LogP) is 0.171. The first kappa shape index (κ1) is 13.3. The van der Waals surface area contributed by atoms with Crippen LogP contribution in [0.3, 0.4) is 0 Å². The number of nitrogens with one attached hydrogen (secondary N) is 1. The van der Waals surface area contributed by atoms with Gasteiger partial charge in [0.15, 0.2) is 0 Å². The van der Waals surface area contributed by atoms with Gasteiger partial charge in [-0.2, -0.15) is 10.1 Å². The van der Waals surface area contributed by atoms with Crippen molar-refractivity contribution in [1.29, 1.82) is 0 Å². The summed E-state index contributed by atoms with van der Waals surface area (Å²) in [6.07, 6.45) is 3.25. The Morgan fingerprint density at radius 1 is 1.24 bits per heavy atom. The number of H-pyrrole nitrogens is 1. The Morgan fingerprint density at radius 2 is 2.05 bits per heavy atom.